The Kier molecular flexibility index (Phi) is 5.57. The van der Waals surface area contributed by atoms with E-state index < -0.39 is 0 Å². The molecule has 0 unspecified atom stereocenters. The van der Waals surface area contributed by atoms with Gasteiger partial charge < -0.3 is 14.8 Å². The van der Waals surface area contributed by atoms with E-state index in [0.29, 0.717) is 0 Å². The molecule has 0 aliphatic heterocycles. The minimum absolute atomic E-state index is 0.129. The molecule has 17 heavy (non-hydrogen) atoms. The van der Waals surface area contributed by atoms with Crippen LogP contribution in [0.15, 0.2) is 30.9 Å². The molecule has 0 atom stereocenters. The van der Waals surface area contributed by atoms with Crippen LogP contribution in [0.5, 0.6) is 11.5 Å². The van der Waals surface area contributed by atoms with E-state index in [4.69, 9.17) is 9.47 Å². The first-order valence-corrected chi connectivity index (χ1v) is 5.83. The van der Waals surface area contributed by atoms with Crippen molar-refractivity contribution in [1.29, 1.82) is 0 Å². The molecule has 0 amide bonds. The van der Waals surface area contributed by atoms with E-state index in [1.807, 2.05) is 38.1 Å². The van der Waals surface area contributed by atoms with Crippen LogP contribution in [0.4, 0.5) is 0 Å². The smallest absolute Gasteiger partial charge is 0.166 e. The highest BCUT2D eigenvalue weighted by Gasteiger charge is 2.11. The Morgan fingerprint density at radius 2 is 2.18 bits per heavy atom. The van der Waals surface area contributed by atoms with E-state index >= 15 is 0 Å². The lowest BCUT2D eigenvalue weighted by Gasteiger charge is -2.17. The summed E-state index contributed by atoms with van der Waals surface area (Å²) in [6, 6.07) is 5.92. The molecular formula is C14H21NO2. The Bertz CT molecular complexity index is 361. The van der Waals surface area contributed by atoms with E-state index in [1.54, 1.807) is 7.11 Å². The summed E-state index contributed by atoms with van der Waals surface area (Å²) in [5, 5.41) is 3.26. The molecule has 1 N–H and O–H groups in total. The predicted molar refractivity (Wildman–Crippen MR) is 70.7 cm³/mol. The van der Waals surface area contributed by atoms with Gasteiger partial charge in [0, 0.05) is 18.7 Å². The van der Waals surface area contributed by atoms with E-state index in [-0.39, 0.29) is 6.10 Å². The summed E-state index contributed by atoms with van der Waals surface area (Å²) < 4.78 is 11.1. The minimum atomic E-state index is 0.129. The zero-order valence-corrected chi connectivity index (χ0v) is 10.8. The summed E-state index contributed by atoms with van der Waals surface area (Å²) in [5.74, 6) is 1.60. The highest BCUT2D eigenvalue weighted by atomic mass is 16.5. The number of rotatable bonds is 7. The first kappa shape index (κ1) is 13.6. The summed E-state index contributed by atoms with van der Waals surface area (Å²) >= 11 is 0. The van der Waals surface area contributed by atoms with Crippen LogP contribution in [-0.2, 0) is 6.54 Å². The van der Waals surface area contributed by atoms with Crippen molar-refractivity contribution >= 4 is 0 Å². The fourth-order valence-electron chi connectivity index (χ4n) is 1.54. The molecule has 3 nitrogen and oxygen atoms in total. The van der Waals surface area contributed by atoms with Crippen molar-refractivity contribution in [2.24, 2.45) is 0 Å². The molecule has 0 bridgehead atoms. The minimum Gasteiger partial charge on any atom is -0.493 e. The number of methoxy groups -OCH3 is 1. The normalized spacial score (nSPS) is 10.4. The largest absolute Gasteiger partial charge is 0.493 e. The second-order valence-corrected chi connectivity index (χ2v) is 4.03. The van der Waals surface area contributed by atoms with Gasteiger partial charge in [-0.2, -0.15) is 0 Å². The van der Waals surface area contributed by atoms with Gasteiger partial charge in [0.2, 0.25) is 0 Å². The fourth-order valence-corrected chi connectivity index (χ4v) is 1.54. The van der Waals surface area contributed by atoms with Gasteiger partial charge in [0.1, 0.15) is 0 Å². The van der Waals surface area contributed by atoms with Crippen LogP contribution in [0.2, 0.25) is 0 Å². The first-order chi connectivity index (χ1) is 8.19. The molecular weight excluding hydrogens is 214 g/mol. The lowest BCUT2D eigenvalue weighted by atomic mass is 10.2. The Morgan fingerprint density at radius 1 is 1.41 bits per heavy atom. The SMILES string of the molecule is C=CCNCc1cccc(OC)c1OC(C)C. The van der Waals surface area contributed by atoms with Crippen molar-refractivity contribution in [3.63, 3.8) is 0 Å². The highest BCUT2D eigenvalue weighted by Crippen LogP contribution is 2.31. The molecule has 1 aromatic carbocycles. The van der Waals surface area contributed by atoms with E-state index in [9.17, 15) is 0 Å². The van der Waals surface area contributed by atoms with Crippen LogP contribution in [0.1, 0.15) is 19.4 Å². The Hall–Kier alpha value is -1.48. The first-order valence-electron chi connectivity index (χ1n) is 5.83. The maximum atomic E-state index is 5.81. The van der Waals surface area contributed by atoms with Gasteiger partial charge in [-0.05, 0) is 19.9 Å². The number of benzene rings is 1. The van der Waals surface area contributed by atoms with Crippen LogP contribution in [0.25, 0.3) is 0 Å². The number of ether oxygens (including phenoxy) is 2. The third kappa shape index (κ3) is 4.11. The third-order valence-electron chi connectivity index (χ3n) is 2.24. The molecule has 94 valence electrons. The predicted octanol–water partition coefficient (Wildman–Crippen LogP) is 2.76. The Balaban J connectivity index is 2.88. The number of hydrogen-bond acceptors (Lipinski definition) is 3. The van der Waals surface area contributed by atoms with Gasteiger partial charge >= 0.3 is 0 Å². The van der Waals surface area contributed by atoms with Crippen molar-refractivity contribution in [2.45, 2.75) is 26.5 Å². The summed E-state index contributed by atoms with van der Waals surface area (Å²) in [6.45, 7) is 9.21. The van der Waals surface area contributed by atoms with Crippen molar-refractivity contribution in [3.8, 4) is 11.5 Å². The molecule has 0 saturated carbocycles. The molecule has 0 radical (unpaired) electrons. The molecule has 3 heteroatoms. The zero-order valence-electron chi connectivity index (χ0n) is 10.8. The van der Waals surface area contributed by atoms with Gasteiger partial charge in [-0.15, -0.1) is 6.58 Å². The van der Waals surface area contributed by atoms with E-state index in [2.05, 4.69) is 11.9 Å². The molecule has 0 heterocycles. The quantitative estimate of drug-likeness (QED) is 0.582. The summed E-state index contributed by atoms with van der Waals surface area (Å²) in [7, 11) is 1.66. The summed E-state index contributed by atoms with van der Waals surface area (Å²) in [4.78, 5) is 0. The van der Waals surface area contributed by atoms with Crippen molar-refractivity contribution in [1.82, 2.24) is 5.32 Å². The van der Waals surface area contributed by atoms with Gasteiger partial charge in [-0.3, -0.25) is 0 Å². The maximum absolute atomic E-state index is 5.81. The summed E-state index contributed by atoms with van der Waals surface area (Å²) in [5.41, 5.74) is 1.10. The van der Waals surface area contributed by atoms with Crippen LogP contribution < -0.4 is 14.8 Å². The standard InChI is InChI=1S/C14H21NO2/c1-5-9-15-10-12-7-6-8-13(16-4)14(12)17-11(2)3/h5-8,11,15H,1,9-10H2,2-4H3. The lowest BCUT2D eigenvalue weighted by Crippen LogP contribution is -2.15. The van der Waals surface area contributed by atoms with Gasteiger partial charge in [0.25, 0.3) is 0 Å². The van der Waals surface area contributed by atoms with Gasteiger partial charge in [0.05, 0.1) is 13.2 Å². The molecule has 1 aromatic rings. The molecule has 0 aromatic heterocycles. The average Bonchev–Trinajstić information content (AvgIpc) is 2.30. The van der Waals surface area contributed by atoms with Crippen LogP contribution >= 0.6 is 0 Å². The third-order valence-corrected chi connectivity index (χ3v) is 2.24. The number of para-hydroxylation sites is 1. The van der Waals surface area contributed by atoms with E-state index in [0.717, 1.165) is 30.2 Å². The van der Waals surface area contributed by atoms with Gasteiger partial charge in [-0.25, -0.2) is 0 Å². The van der Waals surface area contributed by atoms with Gasteiger partial charge in [0.15, 0.2) is 11.5 Å². The molecule has 1 rings (SSSR count). The number of hydrogen-bond donors (Lipinski definition) is 1. The van der Waals surface area contributed by atoms with Crippen LogP contribution in [0, 0.1) is 0 Å². The lowest BCUT2D eigenvalue weighted by molar-refractivity contribution is 0.227. The topological polar surface area (TPSA) is 30.5 Å². The monoisotopic (exact) mass is 235 g/mol. The molecule has 0 fully saturated rings. The van der Waals surface area contributed by atoms with Gasteiger partial charge in [-0.1, -0.05) is 18.2 Å². The van der Waals surface area contributed by atoms with Crippen LogP contribution in [0.3, 0.4) is 0 Å². The average molecular weight is 235 g/mol. The van der Waals surface area contributed by atoms with E-state index in [1.165, 1.54) is 0 Å². The summed E-state index contributed by atoms with van der Waals surface area (Å²) in [6.07, 6.45) is 1.97. The maximum Gasteiger partial charge on any atom is 0.166 e. The highest BCUT2D eigenvalue weighted by molar-refractivity contribution is 5.46. The fraction of sp³-hybridized carbons (Fsp3) is 0.429. The Labute approximate surface area is 103 Å². The Morgan fingerprint density at radius 3 is 2.76 bits per heavy atom. The molecule has 0 saturated heterocycles. The van der Waals surface area contributed by atoms with Crippen molar-refractivity contribution in [2.75, 3.05) is 13.7 Å². The number of nitrogens with one attached hydrogen (secondary N) is 1. The zero-order chi connectivity index (χ0) is 12.7. The molecule has 0 aliphatic carbocycles. The molecule has 0 aliphatic rings. The van der Waals surface area contributed by atoms with Crippen molar-refractivity contribution < 1.29 is 9.47 Å². The second kappa shape index (κ2) is 6.97. The van der Waals surface area contributed by atoms with Crippen LogP contribution in [-0.4, -0.2) is 19.8 Å². The second-order valence-electron chi connectivity index (χ2n) is 4.03. The molecule has 0 spiro atoms. The van der Waals surface area contributed by atoms with Crippen molar-refractivity contribution in [3.05, 3.63) is 36.4 Å².